The van der Waals surface area contributed by atoms with Crippen LogP contribution in [0.15, 0.2) is 12.1 Å². The number of thioether (sulfide) groups is 1. The molecule has 1 aromatic carbocycles. The lowest BCUT2D eigenvalue weighted by molar-refractivity contribution is 0.0698. The van der Waals surface area contributed by atoms with E-state index in [9.17, 15) is 9.90 Å². The van der Waals surface area contributed by atoms with Crippen molar-refractivity contribution in [3.8, 4) is 0 Å². The van der Waals surface area contributed by atoms with Crippen LogP contribution in [0.25, 0.3) is 10.9 Å². The van der Waals surface area contributed by atoms with Crippen molar-refractivity contribution in [2.45, 2.75) is 26.0 Å². The molecule has 3 nitrogen and oxygen atoms in total. The summed E-state index contributed by atoms with van der Waals surface area (Å²) < 4.78 is 0. The number of aromatic carboxylic acids is 1. The van der Waals surface area contributed by atoms with Gasteiger partial charge in [0.05, 0.1) is 11.1 Å². The summed E-state index contributed by atoms with van der Waals surface area (Å²) in [5.41, 5.74) is 5.32. The third-order valence-electron chi connectivity index (χ3n) is 3.55. The molecule has 98 valence electrons. The fourth-order valence-electron chi connectivity index (χ4n) is 2.76. The van der Waals surface area contributed by atoms with E-state index in [4.69, 9.17) is 4.98 Å². The Labute approximate surface area is 116 Å². The van der Waals surface area contributed by atoms with Crippen LogP contribution in [0.4, 0.5) is 0 Å². The molecule has 1 aliphatic rings. The predicted octanol–water partition coefficient (Wildman–Crippen LogP) is 3.34. The lowest BCUT2D eigenvalue weighted by Crippen LogP contribution is -2.13. The summed E-state index contributed by atoms with van der Waals surface area (Å²) in [6.45, 7) is 3.99. The zero-order chi connectivity index (χ0) is 13.6. The second-order valence-corrected chi connectivity index (χ2v) is 6.10. The van der Waals surface area contributed by atoms with Crippen LogP contribution in [-0.2, 0) is 12.2 Å². The first-order valence-corrected chi connectivity index (χ1v) is 7.47. The third kappa shape index (κ3) is 2.00. The van der Waals surface area contributed by atoms with Crippen molar-refractivity contribution in [2.24, 2.45) is 0 Å². The fraction of sp³-hybridized carbons (Fsp3) is 0.333. The standard InChI is InChI=1S/C15H15NO2S/c1-8-5-9(2)14-10(6-8)13(15(17)18)11-7-19-4-3-12(11)16-14/h5-6H,3-4,7H2,1-2H3,(H,17,18). The van der Waals surface area contributed by atoms with E-state index in [2.05, 4.69) is 6.07 Å². The Bertz CT molecular complexity index is 694. The molecule has 1 N–H and O–H groups in total. The maximum atomic E-state index is 11.7. The number of nitrogens with zero attached hydrogens (tertiary/aromatic N) is 1. The molecule has 4 heteroatoms. The SMILES string of the molecule is Cc1cc(C)c2nc3c(c(C(=O)O)c2c1)CSCC3. The van der Waals surface area contributed by atoms with E-state index >= 15 is 0 Å². The molecule has 0 aliphatic carbocycles. The van der Waals surface area contributed by atoms with Crippen molar-refractivity contribution in [3.05, 3.63) is 40.1 Å². The van der Waals surface area contributed by atoms with Gasteiger partial charge < -0.3 is 5.11 Å². The van der Waals surface area contributed by atoms with E-state index in [-0.39, 0.29) is 0 Å². The summed E-state index contributed by atoms with van der Waals surface area (Å²) in [5, 5.41) is 10.4. The Balaban J connectivity index is 2.46. The van der Waals surface area contributed by atoms with Gasteiger partial charge >= 0.3 is 5.97 Å². The van der Waals surface area contributed by atoms with Gasteiger partial charge in [0.15, 0.2) is 0 Å². The third-order valence-corrected chi connectivity index (χ3v) is 4.54. The number of rotatable bonds is 1. The molecular formula is C15H15NO2S. The number of fused-ring (bicyclic) bond motifs is 2. The molecule has 0 amide bonds. The van der Waals surface area contributed by atoms with Gasteiger partial charge in [-0.2, -0.15) is 11.8 Å². The normalized spacial score (nSPS) is 14.4. The second-order valence-electron chi connectivity index (χ2n) is 5.00. The van der Waals surface area contributed by atoms with Gasteiger partial charge in [-0.1, -0.05) is 11.6 Å². The summed E-state index contributed by atoms with van der Waals surface area (Å²) in [7, 11) is 0. The van der Waals surface area contributed by atoms with Crippen LogP contribution in [0, 0.1) is 13.8 Å². The van der Waals surface area contributed by atoms with E-state index < -0.39 is 5.97 Å². The van der Waals surface area contributed by atoms with E-state index in [1.54, 1.807) is 11.8 Å². The minimum absolute atomic E-state index is 0.457. The summed E-state index contributed by atoms with van der Waals surface area (Å²) in [6.07, 6.45) is 0.865. The molecule has 0 atom stereocenters. The van der Waals surface area contributed by atoms with E-state index in [1.807, 2.05) is 19.9 Å². The number of aryl methyl sites for hydroxylation is 3. The molecule has 0 radical (unpaired) electrons. The molecule has 0 bridgehead atoms. The Hall–Kier alpha value is -1.55. The van der Waals surface area contributed by atoms with Crippen LogP contribution >= 0.6 is 11.8 Å². The highest BCUT2D eigenvalue weighted by Gasteiger charge is 2.23. The Kier molecular flexibility index (Phi) is 2.97. The number of hydrogen-bond donors (Lipinski definition) is 1. The van der Waals surface area contributed by atoms with Crippen LogP contribution in [0.1, 0.15) is 32.7 Å². The number of carboxylic acids is 1. The molecule has 1 aliphatic heterocycles. The van der Waals surface area contributed by atoms with Crippen LogP contribution in [0.5, 0.6) is 0 Å². The highest BCUT2D eigenvalue weighted by Crippen LogP contribution is 2.32. The lowest BCUT2D eigenvalue weighted by Gasteiger charge is -2.19. The van der Waals surface area contributed by atoms with E-state index in [0.717, 1.165) is 51.2 Å². The molecule has 0 saturated heterocycles. The maximum absolute atomic E-state index is 11.7. The van der Waals surface area contributed by atoms with Crippen molar-refractivity contribution in [1.29, 1.82) is 0 Å². The summed E-state index contributed by atoms with van der Waals surface area (Å²) in [4.78, 5) is 16.4. The summed E-state index contributed by atoms with van der Waals surface area (Å²) in [6, 6.07) is 4.00. The van der Waals surface area contributed by atoms with E-state index in [1.165, 1.54) is 0 Å². The monoisotopic (exact) mass is 273 g/mol. The molecule has 0 fully saturated rings. The van der Waals surface area contributed by atoms with Gasteiger partial charge in [-0.05, 0) is 43.2 Å². The molecule has 2 heterocycles. The van der Waals surface area contributed by atoms with Crippen molar-refractivity contribution in [2.75, 3.05) is 5.75 Å². The molecule has 0 saturated carbocycles. The first kappa shape index (κ1) is 12.5. The van der Waals surface area contributed by atoms with Gasteiger partial charge in [-0.15, -0.1) is 0 Å². The Morgan fingerprint density at radius 1 is 1.37 bits per heavy atom. The number of aromatic nitrogens is 1. The van der Waals surface area contributed by atoms with Crippen LogP contribution in [-0.4, -0.2) is 21.8 Å². The van der Waals surface area contributed by atoms with E-state index in [0.29, 0.717) is 5.56 Å². The Morgan fingerprint density at radius 2 is 2.16 bits per heavy atom. The summed E-state index contributed by atoms with van der Waals surface area (Å²) in [5.74, 6) is 0.943. The minimum Gasteiger partial charge on any atom is -0.478 e. The second kappa shape index (κ2) is 4.53. The molecule has 0 spiro atoms. The van der Waals surface area contributed by atoms with Crippen molar-refractivity contribution >= 4 is 28.6 Å². The van der Waals surface area contributed by atoms with Gasteiger partial charge in [0, 0.05) is 16.8 Å². The number of carbonyl (C=O) groups is 1. The average molecular weight is 273 g/mol. The lowest BCUT2D eigenvalue weighted by atomic mass is 9.96. The quantitative estimate of drug-likeness (QED) is 0.865. The Morgan fingerprint density at radius 3 is 2.89 bits per heavy atom. The molecule has 19 heavy (non-hydrogen) atoms. The van der Waals surface area contributed by atoms with Gasteiger partial charge in [0.2, 0.25) is 0 Å². The molecule has 0 unspecified atom stereocenters. The number of hydrogen-bond acceptors (Lipinski definition) is 3. The predicted molar refractivity (Wildman–Crippen MR) is 78.0 cm³/mol. The van der Waals surface area contributed by atoms with Crippen molar-refractivity contribution in [1.82, 2.24) is 4.98 Å². The molecule has 3 rings (SSSR count). The van der Waals surface area contributed by atoms with Gasteiger partial charge in [0.25, 0.3) is 0 Å². The van der Waals surface area contributed by atoms with Crippen molar-refractivity contribution < 1.29 is 9.90 Å². The zero-order valence-corrected chi connectivity index (χ0v) is 11.8. The van der Waals surface area contributed by atoms with Crippen LogP contribution in [0.2, 0.25) is 0 Å². The zero-order valence-electron chi connectivity index (χ0n) is 11.0. The highest BCUT2D eigenvalue weighted by atomic mass is 32.2. The van der Waals surface area contributed by atoms with Gasteiger partial charge in [-0.3, -0.25) is 4.98 Å². The largest absolute Gasteiger partial charge is 0.478 e. The minimum atomic E-state index is -0.837. The number of carboxylic acid groups (broad SMARTS) is 1. The highest BCUT2D eigenvalue weighted by molar-refractivity contribution is 7.98. The topological polar surface area (TPSA) is 50.2 Å². The van der Waals surface area contributed by atoms with Crippen molar-refractivity contribution in [3.63, 3.8) is 0 Å². The molecule has 2 aromatic rings. The molecule has 1 aromatic heterocycles. The van der Waals surface area contributed by atoms with Crippen LogP contribution < -0.4 is 0 Å². The number of pyridine rings is 1. The van der Waals surface area contributed by atoms with Gasteiger partial charge in [-0.25, -0.2) is 4.79 Å². The molecular weight excluding hydrogens is 258 g/mol. The average Bonchev–Trinajstić information content (AvgIpc) is 2.36. The summed E-state index contributed by atoms with van der Waals surface area (Å²) >= 11 is 1.78. The van der Waals surface area contributed by atoms with Crippen LogP contribution in [0.3, 0.4) is 0 Å². The first-order chi connectivity index (χ1) is 9.08. The first-order valence-electron chi connectivity index (χ1n) is 6.31. The smallest absolute Gasteiger partial charge is 0.336 e. The number of benzene rings is 1. The maximum Gasteiger partial charge on any atom is 0.336 e. The van der Waals surface area contributed by atoms with Gasteiger partial charge in [0.1, 0.15) is 0 Å². The fourth-order valence-corrected chi connectivity index (χ4v) is 3.75.